The first-order chi connectivity index (χ1) is 9.00. The van der Waals surface area contributed by atoms with E-state index in [0.717, 1.165) is 11.1 Å². The lowest BCUT2D eigenvalue weighted by Gasteiger charge is -2.24. The summed E-state index contributed by atoms with van der Waals surface area (Å²) in [7, 11) is 0. The number of hydrogen-bond acceptors (Lipinski definition) is 2. The molecule has 0 spiro atoms. The van der Waals surface area contributed by atoms with Crippen LogP contribution >= 0.6 is 0 Å². The minimum Gasteiger partial charge on any atom is -0.477 e. The molecule has 0 atom stereocenters. The second kappa shape index (κ2) is 5.14. The van der Waals surface area contributed by atoms with Gasteiger partial charge in [0.05, 0.1) is 0 Å². The molecule has 0 saturated carbocycles. The fraction of sp³-hybridized carbons (Fsp3) is 0.188. The third kappa shape index (κ3) is 2.94. The summed E-state index contributed by atoms with van der Waals surface area (Å²) in [5.74, 6) is 0.160. The summed E-state index contributed by atoms with van der Waals surface area (Å²) in [4.78, 5) is 11.4. The summed E-state index contributed by atoms with van der Waals surface area (Å²) in [6, 6.07) is 17.5. The Bertz CT molecular complexity index is 576. The van der Waals surface area contributed by atoms with Crippen molar-refractivity contribution in [1.29, 1.82) is 0 Å². The summed E-state index contributed by atoms with van der Waals surface area (Å²) < 4.78 is 5.77. The van der Waals surface area contributed by atoms with E-state index in [2.05, 4.69) is 0 Å². The molecule has 2 aromatic carbocycles. The van der Waals surface area contributed by atoms with Crippen LogP contribution in [0.1, 0.15) is 13.8 Å². The Morgan fingerprint density at radius 1 is 1.00 bits per heavy atom. The lowest BCUT2D eigenvalue weighted by molar-refractivity contribution is -0.130. The van der Waals surface area contributed by atoms with Crippen LogP contribution in [0.2, 0.25) is 0 Å². The highest BCUT2D eigenvalue weighted by atomic mass is 16.5. The molecular weight excluding hydrogens is 238 g/mol. The summed E-state index contributed by atoms with van der Waals surface area (Å²) in [6.07, 6.45) is 0. The molecule has 3 heteroatoms. The van der Waals surface area contributed by atoms with Gasteiger partial charge in [-0.1, -0.05) is 48.5 Å². The van der Waals surface area contributed by atoms with Crippen LogP contribution in [0.25, 0.3) is 11.1 Å². The maximum atomic E-state index is 11.4. The Kier molecular flexibility index (Phi) is 3.56. The number of para-hydroxylation sites is 1. The van der Waals surface area contributed by atoms with E-state index in [1.54, 1.807) is 13.8 Å². The maximum absolute atomic E-state index is 11.4. The predicted octanol–water partition coefficient (Wildman–Crippen LogP) is 3.00. The number of hydrogen-bond donors (Lipinski definition) is 1. The van der Waals surface area contributed by atoms with Crippen LogP contribution in [0.3, 0.4) is 0 Å². The molecule has 0 heterocycles. The number of ether oxygens (including phenoxy) is 1. The molecule has 2 aromatic rings. The van der Waals surface area contributed by atoms with Crippen LogP contribution < -0.4 is 10.5 Å². The Morgan fingerprint density at radius 2 is 1.58 bits per heavy atom. The number of carbonyl (C=O) groups excluding carboxylic acids is 1. The highest BCUT2D eigenvalue weighted by molar-refractivity contribution is 5.83. The minimum absolute atomic E-state index is 0.490. The lowest BCUT2D eigenvalue weighted by Crippen LogP contribution is -2.43. The Balaban J connectivity index is 2.40. The van der Waals surface area contributed by atoms with Crippen molar-refractivity contribution in [3.05, 3.63) is 54.6 Å². The molecule has 0 fully saturated rings. The lowest BCUT2D eigenvalue weighted by atomic mass is 10.0. The number of primary amides is 1. The molecule has 0 aromatic heterocycles. The van der Waals surface area contributed by atoms with Crippen molar-refractivity contribution < 1.29 is 9.53 Å². The van der Waals surface area contributed by atoms with E-state index >= 15 is 0 Å². The van der Waals surface area contributed by atoms with Crippen LogP contribution in [0, 0.1) is 0 Å². The van der Waals surface area contributed by atoms with Gasteiger partial charge in [-0.15, -0.1) is 0 Å². The minimum atomic E-state index is -1.04. The average Bonchev–Trinajstić information content (AvgIpc) is 2.40. The molecule has 0 radical (unpaired) electrons. The largest absolute Gasteiger partial charge is 0.477 e. The van der Waals surface area contributed by atoms with E-state index in [0.29, 0.717) is 5.75 Å². The molecule has 19 heavy (non-hydrogen) atoms. The summed E-state index contributed by atoms with van der Waals surface area (Å²) in [6.45, 7) is 3.33. The van der Waals surface area contributed by atoms with Crippen LogP contribution in [-0.4, -0.2) is 11.5 Å². The van der Waals surface area contributed by atoms with Crippen LogP contribution in [0.15, 0.2) is 54.6 Å². The van der Waals surface area contributed by atoms with Crippen LogP contribution in [0.4, 0.5) is 0 Å². The molecule has 2 rings (SSSR count). The van der Waals surface area contributed by atoms with E-state index < -0.39 is 11.5 Å². The zero-order chi connectivity index (χ0) is 13.9. The van der Waals surface area contributed by atoms with Crippen molar-refractivity contribution in [1.82, 2.24) is 0 Å². The third-order valence-electron chi connectivity index (χ3n) is 2.93. The molecule has 2 N–H and O–H groups in total. The average molecular weight is 255 g/mol. The molecule has 98 valence electrons. The van der Waals surface area contributed by atoms with Gasteiger partial charge in [-0.2, -0.15) is 0 Å². The van der Waals surface area contributed by atoms with Gasteiger partial charge in [0.2, 0.25) is 0 Å². The number of rotatable bonds is 4. The standard InChI is InChI=1S/C16H17NO2/c1-16(2,15(17)18)19-14-11-7-6-10-13(14)12-8-4-3-5-9-12/h3-11H,1-2H3,(H2,17,18). The number of amides is 1. The van der Waals surface area contributed by atoms with E-state index in [-0.39, 0.29) is 0 Å². The number of benzene rings is 2. The topological polar surface area (TPSA) is 52.3 Å². The van der Waals surface area contributed by atoms with E-state index in [4.69, 9.17) is 10.5 Å². The summed E-state index contributed by atoms with van der Waals surface area (Å²) >= 11 is 0. The highest BCUT2D eigenvalue weighted by Gasteiger charge is 2.28. The van der Waals surface area contributed by atoms with E-state index in [1.807, 2.05) is 54.6 Å². The molecule has 3 nitrogen and oxygen atoms in total. The molecule has 0 aliphatic heterocycles. The van der Waals surface area contributed by atoms with Gasteiger partial charge < -0.3 is 10.5 Å². The monoisotopic (exact) mass is 255 g/mol. The Morgan fingerprint density at radius 3 is 2.21 bits per heavy atom. The first-order valence-corrected chi connectivity index (χ1v) is 6.14. The quantitative estimate of drug-likeness (QED) is 0.913. The van der Waals surface area contributed by atoms with Crippen molar-refractivity contribution in [3.8, 4) is 16.9 Å². The molecule has 0 aliphatic carbocycles. The van der Waals surface area contributed by atoms with Gasteiger partial charge in [-0.3, -0.25) is 4.79 Å². The maximum Gasteiger partial charge on any atom is 0.261 e. The second-order valence-corrected chi connectivity index (χ2v) is 4.84. The van der Waals surface area contributed by atoms with Crippen molar-refractivity contribution >= 4 is 5.91 Å². The van der Waals surface area contributed by atoms with Gasteiger partial charge in [0.15, 0.2) is 5.60 Å². The first kappa shape index (κ1) is 13.1. The van der Waals surface area contributed by atoms with Gasteiger partial charge in [-0.05, 0) is 25.5 Å². The zero-order valence-corrected chi connectivity index (χ0v) is 11.1. The Labute approximate surface area is 113 Å². The zero-order valence-electron chi connectivity index (χ0n) is 11.1. The molecule has 0 bridgehead atoms. The first-order valence-electron chi connectivity index (χ1n) is 6.14. The molecule has 1 amide bonds. The van der Waals surface area contributed by atoms with Gasteiger partial charge in [0.1, 0.15) is 5.75 Å². The van der Waals surface area contributed by atoms with E-state index in [1.165, 1.54) is 0 Å². The molecular formula is C16H17NO2. The van der Waals surface area contributed by atoms with Crippen LogP contribution in [-0.2, 0) is 4.79 Å². The third-order valence-corrected chi connectivity index (χ3v) is 2.93. The van der Waals surface area contributed by atoms with Gasteiger partial charge >= 0.3 is 0 Å². The molecule has 0 saturated heterocycles. The summed E-state index contributed by atoms with van der Waals surface area (Å²) in [5, 5.41) is 0. The van der Waals surface area contributed by atoms with E-state index in [9.17, 15) is 4.79 Å². The number of carbonyl (C=O) groups is 1. The highest BCUT2D eigenvalue weighted by Crippen LogP contribution is 2.31. The molecule has 0 aliphatic rings. The summed E-state index contributed by atoms with van der Waals surface area (Å²) in [5.41, 5.74) is 6.29. The van der Waals surface area contributed by atoms with Crippen molar-refractivity contribution in [2.75, 3.05) is 0 Å². The second-order valence-electron chi connectivity index (χ2n) is 4.84. The predicted molar refractivity (Wildman–Crippen MR) is 75.8 cm³/mol. The number of nitrogens with two attached hydrogens (primary N) is 1. The normalized spacial score (nSPS) is 11.1. The van der Waals surface area contributed by atoms with Crippen molar-refractivity contribution in [3.63, 3.8) is 0 Å². The van der Waals surface area contributed by atoms with Crippen LogP contribution in [0.5, 0.6) is 5.75 Å². The fourth-order valence-corrected chi connectivity index (χ4v) is 1.74. The SMILES string of the molecule is CC(C)(Oc1ccccc1-c1ccccc1)C(N)=O. The van der Waals surface area contributed by atoms with Gasteiger partial charge in [0.25, 0.3) is 5.91 Å². The van der Waals surface area contributed by atoms with Crippen molar-refractivity contribution in [2.24, 2.45) is 5.73 Å². The molecule has 0 unspecified atom stereocenters. The Hall–Kier alpha value is -2.29. The van der Waals surface area contributed by atoms with Crippen molar-refractivity contribution in [2.45, 2.75) is 19.4 Å². The van der Waals surface area contributed by atoms with Gasteiger partial charge in [-0.25, -0.2) is 0 Å². The smallest absolute Gasteiger partial charge is 0.261 e. The van der Waals surface area contributed by atoms with Gasteiger partial charge in [0, 0.05) is 5.56 Å². The fourth-order valence-electron chi connectivity index (χ4n) is 1.74.